The van der Waals surface area contributed by atoms with Crippen LogP contribution in [0.25, 0.3) is 0 Å². The average molecular weight is 393 g/mol. The minimum atomic E-state index is 0.0216. The lowest BCUT2D eigenvalue weighted by Gasteiger charge is -2.44. The van der Waals surface area contributed by atoms with Crippen LogP contribution in [0.1, 0.15) is 62.3 Å². The highest BCUT2D eigenvalue weighted by Gasteiger charge is 2.40. The quantitative estimate of drug-likeness (QED) is 0.594. The summed E-state index contributed by atoms with van der Waals surface area (Å²) < 4.78 is 2.05. The summed E-state index contributed by atoms with van der Waals surface area (Å²) in [6.45, 7) is 7.32. The molecule has 1 aliphatic heterocycles. The van der Waals surface area contributed by atoms with Crippen molar-refractivity contribution in [2.75, 3.05) is 20.6 Å². The predicted octanol–water partition coefficient (Wildman–Crippen LogP) is 2.77. The summed E-state index contributed by atoms with van der Waals surface area (Å²) in [5.41, 5.74) is 2.31. The van der Waals surface area contributed by atoms with Crippen LogP contribution in [0.4, 0.5) is 0 Å². The van der Waals surface area contributed by atoms with Crippen molar-refractivity contribution in [1.82, 2.24) is 19.9 Å². The zero-order valence-electron chi connectivity index (χ0n) is 17.7. The highest BCUT2D eigenvalue weighted by atomic mass is 16.5. The minimum absolute atomic E-state index is 0.0216. The number of nitrogens with zero attached hydrogens (tertiary/aromatic N) is 3. The van der Waals surface area contributed by atoms with E-state index in [2.05, 4.69) is 30.8 Å². The fourth-order valence-electron chi connectivity index (χ4n) is 5.18. The van der Waals surface area contributed by atoms with E-state index in [9.17, 15) is 9.59 Å². The van der Waals surface area contributed by atoms with Crippen molar-refractivity contribution in [2.45, 2.75) is 59.0 Å². The second-order valence-electron chi connectivity index (χ2n) is 9.08. The van der Waals surface area contributed by atoms with Gasteiger partial charge in [0.2, 0.25) is 0 Å². The summed E-state index contributed by atoms with van der Waals surface area (Å²) >= 11 is 0. The Balaban J connectivity index is 0.000000176. The number of fused-ring (bicyclic) bond motifs is 3. The van der Waals surface area contributed by atoms with Gasteiger partial charge in [-0.2, -0.15) is 0 Å². The zero-order chi connectivity index (χ0) is 20.7. The first-order chi connectivity index (χ1) is 13.3. The van der Waals surface area contributed by atoms with E-state index >= 15 is 0 Å². The van der Waals surface area contributed by atoms with Crippen LogP contribution in [0.2, 0.25) is 0 Å². The molecule has 158 valence electrons. The number of hydrogen-bond donors (Lipinski definition) is 2. The number of carbonyl (C=O) groups is 2. The molecule has 1 aromatic rings. The van der Waals surface area contributed by atoms with Crippen LogP contribution in [0.5, 0.6) is 0 Å². The van der Waals surface area contributed by atoms with Crippen LogP contribution >= 0.6 is 0 Å². The van der Waals surface area contributed by atoms with E-state index in [1.165, 1.54) is 32.6 Å². The van der Waals surface area contributed by atoms with E-state index in [-0.39, 0.29) is 5.41 Å². The largest absolute Gasteiger partial charge is 0.332 e. The molecule has 1 aromatic heterocycles. The molecule has 7 nitrogen and oxygen atoms in total. The molecule has 2 N–H and O–H groups in total. The molecule has 2 aliphatic carbocycles. The van der Waals surface area contributed by atoms with Crippen molar-refractivity contribution in [1.29, 1.82) is 0 Å². The Morgan fingerprint density at radius 1 is 1.21 bits per heavy atom. The highest BCUT2D eigenvalue weighted by Crippen LogP contribution is 2.49. The smallest absolute Gasteiger partial charge is 0.170 e. The predicted molar refractivity (Wildman–Crippen MR) is 108 cm³/mol. The molecule has 2 saturated carbocycles. The summed E-state index contributed by atoms with van der Waals surface area (Å²) in [7, 11) is 3.48. The molecule has 2 unspecified atom stereocenters. The van der Waals surface area contributed by atoms with Gasteiger partial charge in [-0.15, -0.1) is 0 Å². The van der Waals surface area contributed by atoms with Crippen LogP contribution in [0.15, 0.2) is 6.20 Å². The molecule has 0 spiro atoms. The molecule has 4 rings (SSSR count). The van der Waals surface area contributed by atoms with Gasteiger partial charge in [0, 0.05) is 31.7 Å². The Labute approximate surface area is 168 Å². The van der Waals surface area contributed by atoms with Gasteiger partial charge in [-0.3, -0.25) is 9.69 Å². The Kier molecular flexibility index (Phi) is 8.34. The first-order valence-corrected chi connectivity index (χ1v) is 10.3. The number of carbonyl (C=O) groups excluding carboxylic acids is 2. The molecular formula is C21H36N4O3. The van der Waals surface area contributed by atoms with E-state index in [4.69, 9.17) is 5.21 Å². The Hall–Kier alpha value is -1.57. The Morgan fingerprint density at radius 3 is 2.36 bits per heavy atom. The van der Waals surface area contributed by atoms with Crippen molar-refractivity contribution < 1.29 is 14.8 Å². The monoisotopic (exact) mass is 392 g/mol. The second-order valence-corrected chi connectivity index (χ2v) is 9.08. The third kappa shape index (κ3) is 6.22. The number of aldehydes is 2. The summed E-state index contributed by atoms with van der Waals surface area (Å²) in [6, 6.07) is 0. The minimum Gasteiger partial charge on any atom is -0.332 e. The maximum atomic E-state index is 11.0. The third-order valence-corrected chi connectivity index (χ3v) is 6.07. The lowest BCUT2D eigenvalue weighted by Crippen LogP contribution is -2.36. The van der Waals surface area contributed by atoms with Gasteiger partial charge < -0.3 is 14.6 Å². The van der Waals surface area contributed by atoms with E-state index in [0.717, 1.165) is 62.3 Å². The van der Waals surface area contributed by atoms with Crippen LogP contribution < -0.4 is 5.48 Å². The summed E-state index contributed by atoms with van der Waals surface area (Å²) in [5, 5.41) is 7.32. The number of aromatic nitrogens is 2. The molecule has 0 aromatic carbocycles. The van der Waals surface area contributed by atoms with Gasteiger partial charge in [0.25, 0.3) is 0 Å². The van der Waals surface area contributed by atoms with Crippen LogP contribution in [-0.2, 0) is 17.9 Å². The van der Waals surface area contributed by atoms with Crippen molar-refractivity contribution in [3.05, 3.63) is 17.7 Å². The summed E-state index contributed by atoms with van der Waals surface area (Å²) in [6.07, 6.45) is 10.2. The molecule has 0 radical (unpaired) electrons. The van der Waals surface area contributed by atoms with Gasteiger partial charge in [-0.05, 0) is 56.9 Å². The fourth-order valence-corrected chi connectivity index (χ4v) is 5.18. The van der Waals surface area contributed by atoms with E-state index in [1.54, 1.807) is 5.48 Å². The first kappa shape index (κ1) is 22.7. The number of hydroxylamine groups is 1. The molecule has 28 heavy (non-hydrogen) atoms. The van der Waals surface area contributed by atoms with E-state index in [1.807, 2.05) is 10.8 Å². The van der Waals surface area contributed by atoms with Crippen LogP contribution in [0, 0.1) is 23.2 Å². The van der Waals surface area contributed by atoms with Crippen molar-refractivity contribution in [3.63, 3.8) is 0 Å². The fraction of sp³-hybridized carbons (Fsp3) is 0.762. The van der Waals surface area contributed by atoms with Gasteiger partial charge in [-0.1, -0.05) is 13.8 Å². The molecule has 7 heteroatoms. The lowest BCUT2D eigenvalue weighted by atomic mass is 9.60. The van der Waals surface area contributed by atoms with Crippen molar-refractivity contribution >= 4 is 12.6 Å². The van der Waals surface area contributed by atoms with Gasteiger partial charge in [-0.25, -0.2) is 10.5 Å². The van der Waals surface area contributed by atoms with Crippen LogP contribution in [0.3, 0.4) is 0 Å². The van der Waals surface area contributed by atoms with Gasteiger partial charge in [0.15, 0.2) is 6.29 Å². The molecule has 2 atom stereocenters. The normalized spacial score (nSPS) is 31.4. The molecule has 2 fully saturated rings. The molecule has 0 saturated heterocycles. The van der Waals surface area contributed by atoms with E-state index < -0.39 is 0 Å². The standard InChI is InChI=1S/C12H20O.C8H11N3O.CH5NO/c1-9-3-10-5-11(4-9)7-12(2,6-10)8-13;1-10-2-3-11-4-7(6-12)9-8(11)5-10;1-2-3/h8-11H,3-7H2,1-2H3;4,6H,2-3,5H2,1H3;2-3H,1H3. The maximum absolute atomic E-state index is 11.0. The third-order valence-electron chi connectivity index (χ3n) is 6.07. The number of nitrogens with one attached hydrogen (secondary N) is 1. The molecular weight excluding hydrogens is 356 g/mol. The second kappa shape index (κ2) is 10.3. The van der Waals surface area contributed by atoms with Gasteiger partial charge >= 0.3 is 0 Å². The topological polar surface area (TPSA) is 87.5 Å². The van der Waals surface area contributed by atoms with E-state index in [0.29, 0.717) is 5.69 Å². The van der Waals surface area contributed by atoms with Gasteiger partial charge in [0.1, 0.15) is 17.8 Å². The molecule has 2 heterocycles. The van der Waals surface area contributed by atoms with Gasteiger partial charge in [0.05, 0.1) is 6.54 Å². The maximum Gasteiger partial charge on any atom is 0.170 e. The Morgan fingerprint density at radius 2 is 1.82 bits per heavy atom. The molecule has 3 aliphatic rings. The lowest BCUT2D eigenvalue weighted by molar-refractivity contribution is -0.120. The number of imidazole rings is 1. The molecule has 2 bridgehead atoms. The van der Waals surface area contributed by atoms with Crippen molar-refractivity contribution in [3.8, 4) is 0 Å². The number of likely N-dealkylation sites (N-methyl/N-ethyl adjacent to an activating group) is 1. The Bertz CT molecular complexity index is 628. The summed E-state index contributed by atoms with van der Waals surface area (Å²) in [4.78, 5) is 27.8. The SMILES string of the molecule is CC1CC2CC(C1)CC(C)(C=O)C2.CN1CCn2cc(C=O)nc2C1.CNO. The molecule has 0 amide bonds. The van der Waals surface area contributed by atoms with Crippen molar-refractivity contribution in [2.24, 2.45) is 23.2 Å². The number of hydrogen-bond acceptors (Lipinski definition) is 6. The highest BCUT2D eigenvalue weighted by molar-refractivity contribution is 5.71. The van der Waals surface area contributed by atoms with Crippen LogP contribution in [-0.4, -0.2) is 52.9 Å². The average Bonchev–Trinajstić information content (AvgIpc) is 3.04. The summed E-state index contributed by atoms with van der Waals surface area (Å²) in [5.74, 6) is 3.58. The number of rotatable bonds is 2. The zero-order valence-corrected chi connectivity index (χ0v) is 17.7. The first-order valence-electron chi connectivity index (χ1n) is 10.3.